The van der Waals surface area contributed by atoms with Crippen LogP contribution in [0, 0.1) is 11.8 Å². The van der Waals surface area contributed by atoms with E-state index in [1.807, 2.05) is 19.1 Å². The Morgan fingerprint density at radius 1 is 1.36 bits per heavy atom. The molecule has 1 saturated carbocycles. The lowest BCUT2D eigenvalue weighted by atomic mass is 10.1. The Hall–Kier alpha value is -1.42. The minimum absolute atomic E-state index is 0.712. The van der Waals surface area contributed by atoms with Gasteiger partial charge in [0.05, 0.1) is 7.11 Å². The summed E-state index contributed by atoms with van der Waals surface area (Å²) < 4.78 is 5.33. The standard InChI is InChI=1S/C13H14O/c1-3-4-10-5-8-13(14-2)12(9-10)11-6-7-11/h5,8-9,11H,6-7H2,1-2H3. The van der Waals surface area contributed by atoms with Crippen molar-refractivity contribution in [3.05, 3.63) is 29.3 Å². The van der Waals surface area contributed by atoms with Gasteiger partial charge in [0, 0.05) is 5.56 Å². The highest BCUT2D eigenvalue weighted by atomic mass is 16.5. The predicted octanol–water partition coefficient (Wildman–Crippen LogP) is 2.94. The van der Waals surface area contributed by atoms with Gasteiger partial charge in [0.2, 0.25) is 0 Å². The van der Waals surface area contributed by atoms with Crippen LogP contribution in [0.25, 0.3) is 0 Å². The van der Waals surface area contributed by atoms with E-state index in [1.54, 1.807) is 7.11 Å². The summed E-state index contributed by atoms with van der Waals surface area (Å²) in [5.41, 5.74) is 2.42. The zero-order chi connectivity index (χ0) is 9.97. The maximum Gasteiger partial charge on any atom is 0.122 e. The van der Waals surface area contributed by atoms with Gasteiger partial charge in [-0.05, 0) is 49.4 Å². The van der Waals surface area contributed by atoms with Crippen LogP contribution < -0.4 is 4.74 Å². The molecule has 0 heterocycles. The van der Waals surface area contributed by atoms with Crippen LogP contribution in [-0.4, -0.2) is 7.11 Å². The largest absolute Gasteiger partial charge is 0.496 e. The van der Waals surface area contributed by atoms with Crippen LogP contribution in [0.3, 0.4) is 0 Å². The van der Waals surface area contributed by atoms with Gasteiger partial charge in [-0.3, -0.25) is 0 Å². The van der Waals surface area contributed by atoms with E-state index >= 15 is 0 Å². The Morgan fingerprint density at radius 3 is 2.71 bits per heavy atom. The van der Waals surface area contributed by atoms with Crippen molar-refractivity contribution < 1.29 is 4.74 Å². The second-order valence-corrected chi connectivity index (χ2v) is 3.61. The van der Waals surface area contributed by atoms with E-state index in [0.717, 1.165) is 11.3 Å². The predicted molar refractivity (Wildman–Crippen MR) is 57.5 cm³/mol. The lowest BCUT2D eigenvalue weighted by Crippen LogP contribution is -1.90. The molecule has 14 heavy (non-hydrogen) atoms. The number of hydrogen-bond acceptors (Lipinski definition) is 1. The number of hydrogen-bond donors (Lipinski definition) is 0. The number of methoxy groups -OCH3 is 1. The topological polar surface area (TPSA) is 9.23 Å². The van der Waals surface area contributed by atoms with Gasteiger partial charge in [-0.2, -0.15) is 0 Å². The van der Waals surface area contributed by atoms with Crippen molar-refractivity contribution in [3.63, 3.8) is 0 Å². The van der Waals surface area contributed by atoms with Crippen LogP contribution >= 0.6 is 0 Å². The van der Waals surface area contributed by atoms with Gasteiger partial charge in [-0.15, -0.1) is 5.92 Å². The van der Waals surface area contributed by atoms with Crippen LogP contribution in [0.1, 0.15) is 36.8 Å². The Morgan fingerprint density at radius 2 is 2.14 bits per heavy atom. The van der Waals surface area contributed by atoms with Crippen molar-refractivity contribution in [2.24, 2.45) is 0 Å². The molecule has 0 unspecified atom stereocenters. The van der Waals surface area contributed by atoms with Gasteiger partial charge in [-0.25, -0.2) is 0 Å². The molecule has 1 heteroatoms. The van der Waals surface area contributed by atoms with Crippen LogP contribution in [-0.2, 0) is 0 Å². The first-order valence-electron chi connectivity index (χ1n) is 4.96. The monoisotopic (exact) mass is 186 g/mol. The number of benzene rings is 1. The van der Waals surface area contributed by atoms with Gasteiger partial charge >= 0.3 is 0 Å². The van der Waals surface area contributed by atoms with Crippen LogP contribution in [0.2, 0.25) is 0 Å². The van der Waals surface area contributed by atoms with Gasteiger partial charge in [0.1, 0.15) is 5.75 Å². The molecule has 0 spiro atoms. The molecule has 0 aliphatic heterocycles. The average molecular weight is 186 g/mol. The molecule has 0 radical (unpaired) electrons. The van der Waals surface area contributed by atoms with Crippen molar-refractivity contribution >= 4 is 0 Å². The molecule has 0 aromatic heterocycles. The summed E-state index contributed by atoms with van der Waals surface area (Å²) in [5.74, 6) is 7.71. The highest BCUT2D eigenvalue weighted by molar-refractivity contribution is 5.46. The third kappa shape index (κ3) is 1.75. The molecular formula is C13H14O. The number of rotatable bonds is 2. The molecule has 0 saturated heterocycles. The fraction of sp³-hybridized carbons (Fsp3) is 0.385. The summed E-state index contributed by atoms with van der Waals surface area (Å²) in [6.07, 6.45) is 2.58. The molecular weight excluding hydrogens is 172 g/mol. The minimum atomic E-state index is 0.712. The normalized spacial score (nSPS) is 14.4. The molecule has 1 aliphatic rings. The Balaban J connectivity index is 2.39. The molecule has 1 aromatic carbocycles. The quantitative estimate of drug-likeness (QED) is 0.645. The molecule has 1 aliphatic carbocycles. The second-order valence-electron chi connectivity index (χ2n) is 3.61. The van der Waals surface area contributed by atoms with Gasteiger partial charge < -0.3 is 4.74 Å². The van der Waals surface area contributed by atoms with Crippen molar-refractivity contribution in [1.29, 1.82) is 0 Å². The van der Waals surface area contributed by atoms with Gasteiger partial charge in [0.25, 0.3) is 0 Å². The molecule has 2 rings (SSSR count). The lowest BCUT2D eigenvalue weighted by Gasteiger charge is -2.07. The van der Waals surface area contributed by atoms with E-state index in [2.05, 4.69) is 17.9 Å². The summed E-state index contributed by atoms with van der Waals surface area (Å²) in [4.78, 5) is 0. The van der Waals surface area contributed by atoms with Crippen LogP contribution in [0.15, 0.2) is 18.2 Å². The average Bonchev–Trinajstić information content (AvgIpc) is 3.01. The highest BCUT2D eigenvalue weighted by Gasteiger charge is 2.26. The third-order valence-electron chi connectivity index (χ3n) is 2.52. The summed E-state index contributed by atoms with van der Waals surface area (Å²) >= 11 is 0. The third-order valence-corrected chi connectivity index (χ3v) is 2.52. The molecule has 1 nitrogen and oxygen atoms in total. The summed E-state index contributed by atoms with van der Waals surface area (Å²) in [6.45, 7) is 1.86. The first-order valence-corrected chi connectivity index (χ1v) is 4.96. The van der Waals surface area contributed by atoms with Crippen molar-refractivity contribution in [2.75, 3.05) is 7.11 Å². The first kappa shape index (κ1) is 9.15. The first-order chi connectivity index (χ1) is 6.85. The summed E-state index contributed by atoms with van der Waals surface area (Å²) in [5, 5.41) is 0. The number of ether oxygens (including phenoxy) is 1. The van der Waals surface area contributed by atoms with Crippen LogP contribution in [0.5, 0.6) is 5.75 Å². The lowest BCUT2D eigenvalue weighted by molar-refractivity contribution is 0.409. The molecule has 72 valence electrons. The fourth-order valence-corrected chi connectivity index (χ4v) is 1.67. The summed E-state index contributed by atoms with van der Waals surface area (Å²) in [6, 6.07) is 6.20. The Bertz CT molecular complexity index is 391. The Kier molecular flexibility index (Phi) is 2.45. The van der Waals surface area contributed by atoms with E-state index in [4.69, 9.17) is 4.74 Å². The Labute approximate surface area is 85.1 Å². The van der Waals surface area contributed by atoms with E-state index in [0.29, 0.717) is 5.92 Å². The van der Waals surface area contributed by atoms with Gasteiger partial charge in [0.15, 0.2) is 0 Å². The van der Waals surface area contributed by atoms with E-state index < -0.39 is 0 Å². The minimum Gasteiger partial charge on any atom is -0.496 e. The van der Waals surface area contributed by atoms with Crippen molar-refractivity contribution in [2.45, 2.75) is 25.7 Å². The molecule has 1 aromatic rings. The fourth-order valence-electron chi connectivity index (χ4n) is 1.67. The van der Waals surface area contributed by atoms with E-state index in [1.165, 1.54) is 18.4 Å². The van der Waals surface area contributed by atoms with Crippen molar-refractivity contribution in [1.82, 2.24) is 0 Å². The molecule has 0 bridgehead atoms. The maximum absolute atomic E-state index is 5.33. The molecule has 0 atom stereocenters. The highest BCUT2D eigenvalue weighted by Crippen LogP contribution is 2.44. The molecule has 1 fully saturated rings. The van der Waals surface area contributed by atoms with Crippen molar-refractivity contribution in [3.8, 4) is 17.6 Å². The second kappa shape index (κ2) is 3.75. The molecule has 0 amide bonds. The smallest absolute Gasteiger partial charge is 0.122 e. The summed E-state index contributed by atoms with van der Waals surface area (Å²) in [7, 11) is 1.73. The SMILES string of the molecule is CC#Cc1ccc(OC)c(C2CC2)c1. The zero-order valence-corrected chi connectivity index (χ0v) is 8.63. The molecule has 0 N–H and O–H groups in total. The van der Waals surface area contributed by atoms with E-state index in [9.17, 15) is 0 Å². The van der Waals surface area contributed by atoms with Gasteiger partial charge in [-0.1, -0.05) is 5.92 Å². The van der Waals surface area contributed by atoms with Crippen LogP contribution in [0.4, 0.5) is 0 Å². The maximum atomic E-state index is 5.33. The zero-order valence-electron chi connectivity index (χ0n) is 8.63. The van der Waals surface area contributed by atoms with E-state index in [-0.39, 0.29) is 0 Å².